The van der Waals surface area contributed by atoms with Crippen LogP contribution in [-0.2, 0) is 11.8 Å². The van der Waals surface area contributed by atoms with Crippen molar-refractivity contribution in [2.45, 2.75) is 18.7 Å². The number of alkyl halides is 2. The van der Waals surface area contributed by atoms with Crippen LogP contribution in [0.2, 0.25) is 5.15 Å². The average molecular weight is 361 g/mol. The molecule has 3 nitrogen and oxygen atoms in total. The maximum Gasteiger partial charge on any atom is 0.161 e. The second-order valence-corrected chi connectivity index (χ2v) is 5.56. The van der Waals surface area contributed by atoms with Gasteiger partial charge in [-0.3, -0.25) is 0 Å². The van der Waals surface area contributed by atoms with Gasteiger partial charge in [0.2, 0.25) is 0 Å². The number of halogens is 3. The molecule has 118 valence electrons. The van der Waals surface area contributed by atoms with Gasteiger partial charge in [0.05, 0.1) is 19.9 Å². The highest BCUT2D eigenvalue weighted by molar-refractivity contribution is 6.30. The molecule has 0 unspecified atom stereocenters. The van der Waals surface area contributed by atoms with E-state index in [1.165, 1.54) is 0 Å². The first-order valence-electron chi connectivity index (χ1n) is 6.59. The minimum absolute atomic E-state index is 0.302. The lowest BCUT2D eigenvalue weighted by molar-refractivity contribution is 0.355. The van der Waals surface area contributed by atoms with Gasteiger partial charge in [-0.1, -0.05) is 11.6 Å². The molecule has 0 radical (unpaired) electrons. The number of rotatable bonds is 5. The topological polar surface area (TPSA) is 31.4 Å². The van der Waals surface area contributed by atoms with Crippen LogP contribution in [0.4, 0.5) is 0 Å². The van der Waals surface area contributed by atoms with Crippen molar-refractivity contribution < 1.29 is 9.47 Å². The third-order valence-corrected chi connectivity index (χ3v) is 4.45. The third kappa shape index (κ3) is 3.12. The van der Waals surface area contributed by atoms with E-state index in [-0.39, 0.29) is 0 Å². The Morgan fingerprint density at radius 3 is 2.18 bits per heavy atom. The molecule has 6 heteroatoms. The normalized spacial score (nSPS) is 10.6. The van der Waals surface area contributed by atoms with Gasteiger partial charge < -0.3 is 9.47 Å². The summed E-state index contributed by atoms with van der Waals surface area (Å²) in [7, 11) is 3.18. The fraction of sp³-hybridized carbons (Fsp3) is 0.312. The highest BCUT2D eigenvalue weighted by Gasteiger charge is 2.17. The highest BCUT2D eigenvalue weighted by Crippen LogP contribution is 2.36. The average Bonchev–Trinajstić information content (AvgIpc) is 2.55. The van der Waals surface area contributed by atoms with Gasteiger partial charge in [-0.2, -0.15) is 0 Å². The molecule has 0 saturated heterocycles. The van der Waals surface area contributed by atoms with E-state index < -0.39 is 0 Å². The summed E-state index contributed by atoms with van der Waals surface area (Å²) in [6.07, 6.45) is 0. The molecule has 0 atom stereocenters. The number of hydrogen-bond donors (Lipinski definition) is 0. The van der Waals surface area contributed by atoms with Crippen molar-refractivity contribution in [1.82, 2.24) is 4.98 Å². The molecule has 0 spiro atoms. The lowest BCUT2D eigenvalue weighted by Gasteiger charge is -2.16. The van der Waals surface area contributed by atoms with Crippen LogP contribution < -0.4 is 9.47 Å². The van der Waals surface area contributed by atoms with Crippen molar-refractivity contribution in [1.29, 1.82) is 0 Å². The molecule has 22 heavy (non-hydrogen) atoms. The number of aromatic nitrogens is 1. The van der Waals surface area contributed by atoms with Gasteiger partial charge in [0.1, 0.15) is 5.15 Å². The molecular formula is C16H16Cl3NO2. The van der Waals surface area contributed by atoms with E-state index in [1.807, 2.05) is 25.1 Å². The molecule has 2 aromatic rings. The maximum atomic E-state index is 6.24. The summed E-state index contributed by atoms with van der Waals surface area (Å²) in [6, 6.07) is 5.56. The molecule has 0 aliphatic heterocycles. The molecule has 0 bridgehead atoms. The molecule has 0 N–H and O–H groups in total. The van der Waals surface area contributed by atoms with E-state index in [4.69, 9.17) is 44.3 Å². The molecule has 1 aromatic heterocycles. The molecule has 2 rings (SSSR count). The minimum atomic E-state index is 0.302. The number of nitrogens with zero attached hydrogens (tertiary/aromatic N) is 1. The first kappa shape index (κ1) is 17.2. The number of benzene rings is 1. The Bertz CT molecular complexity index is 690. The number of ether oxygens (including phenoxy) is 2. The third-order valence-electron chi connectivity index (χ3n) is 3.55. The minimum Gasteiger partial charge on any atom is -0.493 e. The Morgan fingerprint density at radius 1 is 1.00 bits per heavy atom. The van der Waals surface area contributed by atoms with Crippen LogP contribution in [0.1, 0.15) is 16.7 Å². The van der Waals surface area contributed by atoms with Crippen LogP contribution in [0.5, 0.6) is 11.5 Å². The molecule has 0 fully saturated rings. The van der Waals surface area contributed by atoms with Gasteiger partial charge >= 0.3 is 0 Å². The molecular weight excluding hydrogens is 345 g/mol. The first-order valence-corrected chi connectivity index (χ1v) is 8.04. The van der Waals surface area contributed by atoms with Gasteiger partial charge in [-0.15, -0.1) is 23.2 Å². The molecule has 0 saturated carbocycles. The van der Waals surface area contributed by atoms with Crippen LogP contribution in [0.15, 0.2) is 18.2 Å². The fourth-order valence-electron chi connectivity index (χ4n) is 2.29. The van der Waals surface area contributed by atoms with Gasteiger partial charge in [0, 0.05) is 17.3 Å². The zero-order valence-electron chi connectivity index (χ0n) is 12.5. The van der Waals surface area contributed by atoms with E-state index in [0.717, 1.165) is 22.3 Å². The SMILES string of the molecule is COc1ccc(-c2nc(Cl)c(C)c(CCl)c2CCl)cc1OC. The summed E-state index contributed by atoms with van der Waals surface area (Å²) in [4.78, 5) is 4.48. The van der Waals surface area contributed by atoms with Crippen LogP contribution in [0, 0.1) is 6.92 Å². The summed E-state index contributed by atoms with van der Waals surface area (Å²) in [5, 5.41) is 0.425. The van der Waals surface area contributed by atoms with E-state index in [2.05, 4.69) is 4.98 Å². The smallest absolute Gasteiger partial charge is 0.161 e. The van der Waals surface area contributed by atoms with Crippen LogP contribution in [-0.4, -0.2) is 19.2 Å². The summed E-state index contributed by atoms with van der Waals surface area (Å²) < 4.78 is 10.6. The number of hydrogen-bond acceptors (Lipinski definition) is 3. The van der Waals surface area contributed by atoms with E-state index in [0.29, 0.717) is 34.1 Å². The number of pyridine rings is 1. The van der Waals surface area contributed by atoms with Gasteiger partial charge in [-0.25, -0.2) is 4.98 Å². The lowest BCUT2D eigenvalue weighted by Crippen LogP contribution is -2.02. The van der Waals surface area contributed by atoms with Crippen LogP contribution in [0.25, 0.3) is 11.3 Å². The highest BCUT2D eigenvalue weighted by atomic mass is 35.5. The van der Waals surface area contributed by atoms with Crippen molar-refractivity contribution in [3.8, 4) is 22.8 Å². The monoisotopic (exact) mass is 359 g/mol. The second-order valence-electron chi connectivity index (χ2n) is 4.67. The Labute approximate surface area is 145 Å². The molecule has 0 amide bonds. The molecule has 1 aromatic carbocycles. The Kier molecular flexibility index (Phi) is 5.79. The maximum absolute atomic E-state index is 6.24. The van der Waals surface area contributed by atoms with Crippen molar-refractivity contribution in [2.75, 3.05) is 14.2 Å². The Balaban J connectivity index is 2.69. The van der Waals surface area contributed by atoms with Crippen molar-refractivity contribution in [3.05, 3.63) is 40.0 Å². The number of methoxy groups -OCH3 is 2. The van der Waals surface area contributed by atoms with Gasteiger partial charge in [0.25, 0.3) is 0 Å². The van der Waals surface area contributed by atoms with Crippen LogP contribution in [0.3, 0.4) is 0 Å². The lowest BCUT2D eigenvalue weighted by atomic mass is 9.99. The summed E-state index contributed by atoms with van der Waals surface area (Å²) in [6.45, 7) is 1.89. The zero-order valence-corrected chi connectivity index (χ0v) is 14.8. The van der Waals surface area contributed by atoms with Crippen molar-refractivity contribution in [3.63, 3.8) is 0 Å². The summed E-state index contributed by atoms with van der Waals surface area (Å²) in [5.74, 6) is 1.90. The standard InChI is InChI=1S/C16H16Cl3NO2/c1-9-11(7-17)12(8-18)15(20-16(9)19)10-4-5-13(21-2)14(6-10)22-3/h4-6H,7-8H2,1-3H3. The van der Waals surface area contributed by atoms with E-state index in [9.17, 15) is 0 Å². The van der Waals surface area contributed by atoms with Crippen LogP contribution >= 0.6 is 34.8 Å². The molecule has 1 heterocycles. The van der Waals surface area contributed by atoms with Crippen molar-refractivity contribution >= 4 is 34.8 Å². The van der Waals surface area contributed by atoms with E-state index in [1.54, 1.807) is 14.2 Å². The Hall–Kier alpha value is -1.16. The predicted molar refractivity (Wildman–Crippen MR) is 91.6 cm³/mol. The zero-order chi connectivity index (χ0) is 16.3. The fourth-order valence-corrected chi connectivity index (χ4v) is 3.14. The van der Waals surface area contributed by atoms with Gasteiger partial charge in [0.15, 0.2) is 11.5 Å². The first-order chi connectivity index (χ1) is 10.6. The Morgan fingerprint density at radius 2 is 1.64 bits per heavy atom. The summed E-state index contributed by atoms with van der Waals surface area (Å²) >= 11 is 18.4. The van der Waals surface area contributed by atoms with Gasteiger partial charge in [-0.05, 0) is 41.8 Å². The predicted octanol–water partition coefficient (Wildman–Crippen LogP) is 5.21. The quantitative estimate of drug-likeness (QED) is 0.542. The van der Waals surface area contributed by atoms with E-state index >= 15 is 0 Å². The largest absolute Gasteiger partial charge is 0.493 e. The molecule has 0 aliphatic carbocycles. The summed E-state index contributed by atoms with van der Waals surface area (Å²) in [5.41, 5.74) is 4.22. The van der Waals surface area contributed by atoms with Crippen molar-refractivity contribution in [2.24, 2.45) is 0 Å². The second kappa shape index (κ2) is 7.40. The molecule has 0 aliphatic rings.